The van der Waals surface area contributed by atoms with Crippen molar-refractivity contribution in [2.24, 2.45) is 5.92 Å². The number of hydrogen-bond donors (Lipinski definition) is 2. The van der Waals surface area contributed by atoms with Gasteiger partial charge in [-0.15, -0.1) is 0 Å². The number of nitrogens with zero attached hydrogens (tertiary/aromatic N) is 1. The largest absolute Gasteiger partial charge is 0.366 e. The minimum Gasteiger partial charge on any atom is -0.366 e. The summed E-state index contributed by atoms with van der Waals surface area (Å²) in [5.41, 5.74) is 2.04. The van der Waals surface area contributed by atoms with Gasteiger partial charge in [-0.25, -0.2) is 9.37 Å². The summed E-state index contributed by atoms with van der Waals surface area (Å²) < 4.78 is 13.1. The number of anilines is 1. The summed E-state index contributed by atoms with van der Waals surface area (Å²) in [6.45, 7) is 2.78. The molecule has 110 valence electrons. The van der Waals surface area contributed by atoms with E-state index in [4.69, 9.17) is 0 Å². The molecule has 1 aliphatic rings. The molecule has 0 bridgehead atoms. The molecule has 2 N–H and O–H groups in total. The third kappa shape index (κ3) is 4.02. The van der Waals surface area contributed by atoms with E-state index < -0.39 is 0 Å². The first-order valence-electron chi connectivity index (χ1n) is 7.44. The zero-order valence-electron chi connectivity index (χ0n) is 12.0. The second-order valence-corrected chi connectivity index (χ2v) is 5.56. The van der Waals surface area contributed by atoms with E-state index in [0.717, 1.165) is 36.6 Å². The van der Waals surface area contributed by atoms with Gasteiger partial charge in [0.2, 0.25) is 0 Å². The molecule has 21 heavy (non-hydrogen) atoms. The molecule has 1 unspecified atom stereocenters. The number of rotatable bonds is 5. The van der Waals surface area contributed by atoms with E-state index in [9.17, 15) is 4.39 Å². The van der Waals surface area contributed by atoms with Gasteiger partial charge in [0.25, 0.3) is 0 Å². The molecule has 1 aromatic heterocycles. The lowest BCUT2D eigenvalue weighted by atomic mass is 10.0. The van der Waals surface area contributed by atoms with Gasteiger partial charge < -0.3 is 10.6 Å². The van der Waals surface area contributed by atoms with E-state index in [1.807, 2.05) is 18.2 Å². The Balaban J connectivity index is 1.60. The van der Waals surface area contributed by atoms with Crippen LogP contribution in [0.3, 0.4) is 0 Å². The highest BCUT2D eigenvalue weighted by Crippen LogP contribution is 2.15. The van der Waals surface area contributed by atoms with Crippen LogP contribution in [0, 0.1) is 11.7 Å². The molecule has 0 radical (unpaired) electrons. The number of halogens is 1. The fourth-order valence-corrected chi connectivity index (χ4v) is 2.72. The van der Waals surface area contributed by atoms with Crippen LogP contribution in [0.2, 0.25) is 0 Å². The van der Waals surface area contributed by atoms with Crippen molar-refractivity contribution in [3.8, 4) is 0 Å². The first-order chi connectivity index (χ1) is 10.3. The Morgan fingerprint density at radius 3 is 2.95 bits per heavy atom. The molecule has 2 aromatic rings. The standard InChI is InChI=1S/C17H20FN3/c18-15-4-1-3-13(9-15)12-20-17-6-2-5-16(21-17)10-14-7-8-19-11-14/h1-6,9,14,19H,7-8,10-12H2,(H,20,21). The summed E-state index contributed by atoms with van der Waals surface area (Å²) in [5, 5.41) is 6.64. The molecular weight excluding hydrogens is 265 g/mol. The summed E-state index contributed by atoms with van der Waals surface area (Å²) in [7, 11) is 0. The quantitative estimate of drug-likeness (QED) is 0.887. The average Bonchev–Trinajstić information content (AvgIpc) is 2.99. The summed E-state index contributed by atoms with van der Waals surface area (Å²) >= 11 is 0. The topological polar surface area (TPSA) is 37.0 Å². The highest BCUT2D eigenvalue weighted by Gasteiger charge is 2.15. The van der Waals surface area contributed by atoms with Gasteiger partial charge in [-0.1, -0.05) is 18.2 Å². The third-order valence-electron chi connectivity index (χ3n) is 3.83. The predicted molar refractivity (Wildman–Crippen MR) is 82.6 cm³/mol. The lowest BCUT2D eigenvalue weighted by Crippen LogP contribution is -2.12. The van der Waals surface area contributed by atoms with Crippen LogP contribution in [0.4, 0.5) is 10.2 Å². The van der Waals surface area contributed by atoms with Gasteiger partial charge in [0.15, 0.2) is 0 Å². The maximum Gasteiger partial charge on any atom is 0.126 e. The van der Waals surface area contributed by atoms with Gasteiger partial charge in [0.05, 0.1) is 0 Å². The van der Waals surface area contributed by atoms with Gasteiger partial charge in [0.1, 0.15) is 11.6 Å². The van der Waals surface area contributed by atoms with Crippen molar-refractivity contribution in [3.63, 3.8) is 0 Å². The predicted octanol–water partition coefficient (Wildman–Crippen LogP) is 2.98. The zero-order chi connectivity index (χ0) is 14.5. The van der Waals surface area contributed by atoms with Crippen molar-refractivity contribution < 1.29 is 4.39 Å². The SMILES string of the molecule is Fc1cccc(CNc2cccc(CC3CCNC3)n2)c1. The van der Waals surface area contributed by atoms with Gasteiger partial charge in [-0.3, -0.25) is 0 Å². The molecule has 0 saturated carbocycles. The summed E-state index contributed by atoms with van der Waals surface area (Å²) in [6.07, 6.45) is 2.24. The van der Waals surface area contributed by atoms with Crippen molar-refractivity contribution in [2.75, 3.05) is 18.4 Å². The number of nitrogens with one attached hydrogen (secondary N) is 2. The molecule has 1 atom stereocenters. The maximum absolute atomic E-state index is 13.1. The van der Waals surface area contributed by atoms with E-state index in [-0.39, 0.29) is 5.82 Å². The fourth-order valence-electron chi connectivity index (χ4n) is 2.72. The van der Waals surface area contributed by atoms with Crippen molar-refractivity contribution in [1.82, 2.24) is 10.3 Å². The van der Waals surface area contributed by atoms with Crippen LogP contribution in [0.25, 0.3) is 0 Å². The molecule has 0 spiro atoms. The van der Waals surface area contributed by atoms with Gasteiger partial charge in [-0.05, 0) is 61.7 Å². The Hall–Kier alpha value is -1.94. The van der Waals surface area contributed by atoms with Crippen LogP contribution in [-0.2, 0) is 13.0 Å². The van der Waals surface area contributed by atoms with Crippen molar-refractivity contribution in [3.05, 3.63) is 59.5 Å². The molecule has 1 saturated heterocycles. The number of pyridine rings is 1. The normalized spacial score (nSPS) is 17.9. The lowest BCUT2D eigenvalue weighted by molar-refractivity contribution is 0.572. The van der Waals surface area contributed by atoms with Crippen molar-refractivity contribution in [2.45, 2.75) is 19.4 Å². The van der Waals surface area contributed by atoms with Crippen LogP contribution in [0.5, 0.6) is 0 Å². The van der Waals surface area contributed by atoms with E-state index in [1.54, 1.807) is 12.1 Å². The average molecular weight is 285 g/mol. The Kier molecular flexibility index (Phi) is 4.46. The highest BCUT2D eigenvalue weighted by molar-refractivity contribution is 5.36. The highest BCUT2D eigenvalue weighted by atomic mass is 19.1. The molecule has 3 rings (SSSR count). The second kappa shape index (κ2) is 6.68. The maximum atomic E-state index is 13.1. The molecule has 1 aliphatic heterocycles. The van der Waals surface area contributed by atoms with E-state index in [2.05, 4.69) is 21.7 Å². The Bertz CT molecular complexity index is 594. The zero-order valence-corrected chi connectivity index (χ0v) is 12.0. The van der Waals surface area contributed by atoms with Crippen molar-refractivity contribution in [1.29, 1.82) is 0 Å². The molecular formula is C17H20FN3. The van der Waals surface area contributed by atoms with Crippen LogP contribution >= 0.6 is 0 Å². The van der Waals surface area contributed by atoms with Gasteiger partial charge in [-0.2, -0.15) is 0 Å². The fraction of sp³-hybridized carbons (Fsp3) is 0.353. The molecule has 3 nitrogen and oxygen atoms in total. The van der Waals surface area contributed by atoms with E-state index in [1.165, 1.54) is 12.5 Å². The molecule has 4 heteroatoms. The van der Waals surface area contributed by atoms with Gasteiger partial charge in [0, 0.05) is 12.2 Å². The molecule has 0 amide bonds. The monoisotopic (exact) mass is 285 g/mol. The molecule has 1 fully saturated rings. The number of aromatic nitrogens is 1. The minimum absolute atomic E-state index is 0.204. The Labute approximate surface area is 124 Å². The van der Waals surface area contributed by atoms with E-state index >= 15 is 0 Å². The van der Waals surface area contributed by atoms with Gasteiger partial charge >= 0.3 is 0 Å². The summed E-state index contributed by atoms with van der Waals surface area (Å²) in [5.74, 6) is 1.34. The number of benzene rings is 1. The van der Waals surface area contributed by atoms with E-state index in [0.29, 0.717) is 12.5 Å². The molecule has 1 aromatic carbocycles. The summed E-state index contributed by atoms with van der Waals surface area (Å²) in [6, 6.07) is 12.7. The summed E-state index contributed by atoms with van der Waals surface area (Å²) in [4.78, 5) is 4.64. The Morgan fingerprint density at radius 2 is 2.14 bits per heavy atom. The first-order valence-corrected chi connectivity index (χ1v) is 7.44. The Morgan fingerprint density at radius 1 is 1.24 bits per heavy atom. The number of hydrogen-bond acceptors (Lipinski definition) is 3. The molecule has 2 heterocycles. The van der Waals surface area contributed by atoms with Crippen molar-refractivity contribution >= 4 is 5.82 Å². The van der Waals surface area contributed by atoms with Crippen LogP contribution < -0.4 is 10.6 Å². The minimum atomic E-state index is -0.204. The molecule has 0 aliphatic carbocycles. The smallest absolute Gasteiger partial charge is 0.126 e. The second-order valence-electron chi connectivity index (χ2n) is 5.56. The van der Waals surface area contributed by atoms with Crippen LogP contribution in [-0.4, -0.2) is 18.1 Å². The third-order valence-corrected chi connectivity index (χ3v) is 3.83. The van der Waals surface area contributed by atoms with Crippen LogP contribution in [0.1, 0.15) is 17.7 Å². The lowest BCUT2D eigenvalue weighted by Gasteiger charge is -2.10. The van der Waals surface area contributed by atoms with Crippen LogP contribution in [0.15, 0.2) is 42.5 Å². The first kappa shape index (κ1) is 14.0.